The number of para-hydroxylation sites is 1. The molecule has 0 radical (unpaired) electrons. The molecule has 0 aliphatic heterocycles. The van der Waals surface area contributed by atoms with Crippen LogP contribution in [-0.4, -0.2) is 28.0 Å². The number of benzene rings is 2. The van der Waals surface area contributed by atoms with Gasteiger partial charge in [-0.2, -0.15) is 0 Å². The van der Waals surface area contributed by atoms with Crippen molar-refractivity contribution in [1.29, 1.82) is 0 Å². The van der Waals surface area contributed by atoms with Crippen LogP contribution in [-0.2, 0) is 11.3 Å². The van der Waals surface area contributed by atoms with Crippen LogP contribution in [0.3, 0.4) is 0 Å². The standard InChI is InChI=1S/C25H23N3O4/c1-4-28-14-20(25(31)32-5-2)23(29)19-13-16(10-11-22(19)28)27-24(30)18-12-15(3)26-21-9-7-6-8-17(18)21/h6-14H,4-5H2,1-3H3,(H,27,30). The van der Waals surface area contributed by atoms with Crippen molar-refractivity contribution < 1.29 is 14.3 Å². The number of fused-ring (bicyclic) bond motifs is 2. The van der Waals surface area contributed by atoms with E-state index in [9.17, 15) is 14.4 Å². The van der Waals surface area contributed by atoms with Crippen LogP contribution < -0.4 is 10.7 Å². The highest BCUT2D eigenvalue weighted by Crippen LogP contribution is 2.22. The Bertz CT molecular complexity index is 1420. The number of aryl methyl sites for hydroxylation is 2. The summed E-state index contributed by atoms with van der Waals surface area (Å²) in [5.41, 5.74) is 2.65. The van der Waals surface area contributed by atoms with Gasteiger partial charge < -0.3 is 14.6 Å². The van der Waals surface area contributed by atoms with Gasteiger partial charge in [0, 0.05) is 34.9 Å². The Hall–Kier alpha value is -4.00. The number of carbonyl (C=O) groups is 2. The van der Waals surface area contributed by atoms with Crippen molar-refractivity contribution in [3.8, 4) is 0 Å². The van der Waals surface area contributed by atoms with E-state index in [1.54, 1.807) is 31.2 Å². The summed E-state index contributed by atoms with van der Waals surface area (Å²) in [5.74, 6) is -0.960. The largest absolute Gasteiger partial charge is 0.462 e. The zero-order valence-corrected chi connectivity index (χ0v) is 18.1. The molecule has 0 fully saturated rings. The van der Waals surface area contributed by atoms with Crippen molar-refractivity contribution in [1.82, 2.24) is 9.55 Å². The van der Waals surface area contributed by atoms with Crippen molar-refractivity contribution in [2.45, 2.75) is 27.3 Å². The summed E-state index contributed by atoms with van der Waals surface area (Å²) >= 11 is 0. The van der Waals surface area contributed by atoms with E-state index < -0.39 is 11.4 Å². The lowest BCUT2D eigenvalue weighted by Gasteiger charge is -2.13. The van der Waals surface area contributed by atoms with Gasteiger partial charge in [-0.3, -0.25) is 14.6 Å². The maximum Gasteiger partial charge on any atom is 0.343 e. The highest BCUT2D eigenvalue weighted by atomic mass is 16.5. The Morgan fingerprint density at radius 1 is 1.03 bits per heavy atom. The molecule has 2 aromatic carbocycles. The first-order valence-electron chi connectivity index (χ1n) is 10.4. The molecule has 162 valence electrons. The zero-order valence-electron chi connectivity index (χ0n) is 18.1. The minimum Gasteiger partial charge on any atom is -0.462 e. The smallest absolute Gasteiger partial charge is 0.343 e. The molecule has 0 saturated carbocycles. The maximum atomic E-state index is 13.1. The fourth-order valence-electron chi connectivity index (χ4n) is 3.79. The Labute approximate surface area is 184 Å². The molecule has 1 amide bonds. The van der Waals surface area contributed by atoms with Crippen LogP contribution in [0.4, 0.5) is 5.69 Å². The predicted octanol–water partition coefficient (Wildman–Crippen LogP) is 4.31. The molecule has 32 heavy (non-hydrogen) atoms. The Balaban J connectivity index is 1.78. The van der Waals surface area contributed by atoms with Crippen molar-refractivity contribution in [3.05, 3.63) is 81.8 Å². The molecule has 7 heteroatoms. The molecule has 4 aromatic rings. The van der Waals surface area contributed by atoms with E-state index in [1.807, 2.05) is 42.7 Å². The van der Waals surface area contributed by atoms with E-state index in [0.29, 0.717) is 28.7 Å². The summed E-state index contributed by atoms with van der Waals surface area (Å²) in [6.07, 6.45) is 1.52. The first-order valence-corrected chi connectivity index (χ1v) is 10.4. The molecule has 0 aliphatic carbocycles. The number of carbonyl (C=O) groups excluding carboxylic acids is 2. The van der Waals surface area contributed by atoms with Gasteiger partial charge >= 0.3 is 5.97 Å². The molecule has 4 rings (SSSR count). The number of nitrogens with one attached hydrogen (secondary N) is 1. The maximum absolute atomic E-state index is 13.1. The first-order chi connectivity index (χ1) is 15.4. The van der Waals surface area contributed by atoms with Crippen molar-refractivity contribution in [2.75, 3.05) is 11.9 Å². The van der Waals surface area contributed by atoms with Gasteiger partial charge in [-0.25, -0.2) is 4.79 Å². The first kappa shape index (κ1) is 21.2. The average Bonchev–Trinajstić information content (AvgIpc) is 2.79. The van der Waals surface area contributed by atoms with Gasteiger partial charge in [0.15, 0.2) is 0 Å². The Morgan fingerprint density at radius 2 is 1.81 bits per heavy atom. The molecule has 1 N–H and O–H groups in total. The molecule has 7 nitrogen and oxygen atoms in total. The van der Waals surface area contributed by atoms with Crippen LogP contribution in [0, 0.1) is 6.92 Å². The van der Waals surface area contributed by atoms with E-state index in [-0.39, 0.29) is 18.1 Å². The van der Waals surface area contributed by atoms with Gasteiger partial charge in [0.1, 0.15) is 5.56 Å². The Morgan fingerprint density at radius 3 is 2.56 bits per heavy atom. The van der Waals surface area contributed by atoms with E-state index in [4.69, 9.17) is 4.74 Å². The molecule has 0 unspecified atom stereocenters. The van der Waals surface area contributed by atoms with Gasteiger partial charge in [-0.05, 0) is 51.1 Å². The zero-order chi connectivity index (χ0) is 22.8. The fraction of sp³-hybridized carbons (Fsp3) is 0.200. The quantitative estimate of drug-likeness (QED) is 0.478. The summed E-state index contributed by atoms with van der Waals surface area (Å²) in [6.45, 7) is 6.19. The Kier molecular flexibility index (Phi) is 5.73. The monoisotopic (exact) mass is 429 g/mol. The summed E-state index contributed by atoms with van der Waals surface area (Å²) in [6, 6.07) is 14.3. The molecule has 2 aromatic heterocycles. The average molecular weight is 429 g/mol. The number of anilines is 1. The topological polar surface area (TPSA) is 90.3 Å². The summed E-state index contributed by atoms with van der Waals surface area (Å²) in [4.78, 5) is 42.8. The fourth-order valence-corrected chi connectivity index (χ4v) is 3.79. The molecule has 0 spiro atoms. The number of esters is 1. The second-order valence-corrected chi connectivity index (χ2v) is 7.39. The van der Waals surface area contributed by atoms with Crippen molar-refractivity contribution >= 4 is 39.4 Å². The van der Waals surface area contributed by atoms with E-state index in [2.05, 4.69) is 10.3 Å². The van der Waals surface area contributed by atoms with Gasteiger partial charge in [0.05, 0.1) is 23.2 Å². The molecule has 2 heterocycles. The molecular weight excluding hydrogens is 406 g/mol. The van der Waals surface area contributed by atoms with Crippen LogP contribution in [0.2, 0.25) is 0 Å². The van der Waals surface area contributed by atoms with Crippen LogP contribution in [0.25, 0.3) is 21.8 Å². The van der Waals surface area contributed by atoms with Crippen molar-refractivity contribution in [3.63, 3.8) is 0 Å². The van der Waals surface area contributed by atoms with E-state index in [1.165, 1.54) is 6.20 Å². The molecule has 0 saturated heterocycles. The third-order valence-corrected chi connectivity index (χ3v) is 5.26. The van der Waals surface area contributed by atoms with Crippen LogP contribution in [0.5, 0.6) is 0 Å². The SMILES string of the molecule is CCOC(=O)c1cn(CC)c2ccc(NC(=O)c3cc(C)nc4ccccc34)cc2c1=O. The third kappa shape index (κ3) is 3.85. The number of aromatic nitrogens is 2. The van der Waals surface area contributed by atoms with E-state index in [0.717, 1.165) is 16.6 Å². The van der Waals surface area contributed by atoms with Crippen LogP contribution in [0.1, 0.15) is 40.3 Å². The van der Waals surface area contributed by atoms with Crippen molar-refractivity contribution in [2.24, 2.45) is 0 Å². The molecular formula is C25H23N3O4. The predicted molar refractivity (Wildman–Crippen MR) is 124 cm³/mol. The number of amides is 1. The minimum absolute atomic E-state index is 0.0274. The summed E-state index contributed by atoms with van der Waals surface area (Å²) in [5, 5.41) is 3.96. The number of rotatable bonds is 5. The van der Waals surface area contributed by atoms with Gasteiger partial charge in [0.25, 0.3) is 5.91 Å². The second kappa shape index (κ2) is 8.63. The lowest BCUT2D eigenvalue weighted by atomic mass is 10.1. The summed E-state index contributed by atoms with van der Waals surface area (Å²) < 4.78 is 6.85. The van der Waals surface area contributed by atoms with Crippen LogP contribution in [0.15, 0.2) is 59.5 Å². The third-order valence-electron chi connectivity index (χ3n) is 5.26. The lowest BCUT2D eigenvalue weighted by Crippen LogP contribution is -2.21. The molecule has 0 atom stereocenters. The normalized spacial score (nSPS) is 11.0. The van der Waals surface area contributed by atoms with Gasteiger partial charge in [0.2, 0.25) is 5.43 Å². The number of nitrogens with zero attached hydrogens (tertiary/aromatic N) is 2. The number of hydrogen-bond donors (Lipinski definition) is 1. The molecule has 0 aliphatic rings. The van der Waals surface area contributed by atoms with Gasteiger partial charge in [-0.1, -0.05) is 18.2 Å². The number of ether oxygens (including phenoxy) is 1. The second-order valence-electron chi connectivity index (χ2n) is 7.39. The minimum atomic E-state index is -0.658. The number of pyridine rings is 2. The van der Waals surface area contributed by atoms with E-state index >= 15 is 0 Å². The number of hydrogen-bond acceptors (Lipinski definition) is 5. The summed E-state index contributed by atoms with van der Waals surface area (Å²) in [7, 11) is 0. The van der Waals surface area contributed by atoms with Gasteiger partial charge in [-0.15, -0.1) is 0 Å². The van der Waals surface area contributed by atoms with Crippen LogP contribution >= 0.6 is 0 Å². The molecule has 0 bridgehead atoms. The lowest BCUT2D eigenvalue weighted by molar-refractivity contribution is 0.0524. The highest BCUT2D eigenvalue weighted by Gasteiger charge is 2.18. The highest BCUT2D eigenvalue weighted by molar-refractivity contribution is 6.12.